The summed E-state index contributed by atoms with van der Waals surface area (Å²) in [5, 5.41) is 20.3. The highest BCUT2D eigenvalue weighted by Gasteiger charge is 2.19. The lowest BCUT2D eigenvalue weighted by Gasteiger charge is -2.11. The third-order valence-electron chi connectivity index (χ3n) is 4.81. The minimum atomic E-state index is -4.01. The van der Waals surface area contributed by atoms with Crippen molar-refractivity contribution >= 4 is 27.2 Å². The predicted octanol–water partition coefficient (Wildman–Crippen LogP) is 2.83. The molecular formula is C21H17FN10O2S. The molecule has 0 saturated heterocycles. The summed E-state index contributed by atoms with van der Waals surface area (Å²) in [7, 11) is -4.01. The molecule has 35 heavy (non-hydrogen) atoms. The highest BCUT2D eigenvalue weighted by molar-refractivity contribution is 7.92. The number of hydrogen-bond donors (Lipinski definition) is 3. The van der Waals surface area contributed by atoms with E-state index in [1.807, 2.05) is 0 Å². The fourth-order valence-corrected chi connectivity index (χ4v) is 4.32. The lowest BCUT2D eigenvalue weighted by Crippen LogP contribution is -2.13. The van der Waals surface area contributed by atoms with E-state index in [0.717, 1.165) is 18.2 Å². The van der Waals surface area contributed by atoms with Gasteiger partial charge in [-0.05, 0) is 60.7 Å². The number of rotatable bonds is 7. The van der Waals surface area contributed by atoms with E-state index >= 15 is 0 Å². The number of nitrogens with one attached hydrogen (secondary N) is 3. The normalized spacial score (nSPS) is 11.4. The fraction of sp³-hybridized carbons (Fsp3) is 0.0476. The first-order chi connectivity index (χ1) is 16.9. The second-order valence-electron chi connectivity index (χ2n) is 7.29. The van der Waals surface area contributed by atoms with Crippen molar-refractivity contribution in [2.45, 2.75) is 11.8 Å². The summed E-state index contributed by atoms with van der Waals surface area (Å²) in [5.41, 5.74) is 0.909. The summed E-state index contributed by atoms with van der Waals surface area (Å²) in [6, 6.07) is 13.4. The van der Waals surface area contributed by atoms with E-state index < -0.39 is 15.8 Å². The molecule has 0 amide bonds. The Labute approximate surface area is 198 Å². The Morgan fingerprint density at radius 2 is 1.83 bits per heavy atom. The molecule has 2 aromatic carbocycles. The number of aromatic amines is 1. The van der Waals surface area contributed by atoms with Crippen molar-refractivity contribution in [2.24, 2.45) is 0 Å². The zero-order chi connectivity index (χ0) is 24.4. The maximum atomic E-state index is 14.1. The predicted molar refractivity (Wildman–Crippen MR) is 124 cm³/mol. The Morgan fingerprint density at radius 1 is 1.03 bits per heavy atom. The summed E-state index contributed by atoms with van der Waals surface area (Å²) in [4.78, 5) is 8.59. The van der Waals surface area contributed by atoms with Gasteiger partial charge < -0.3 is 5.32 Å². The van der Waals surface area contributed by atoms with Crippen LogP contribution in [0.4, 0.5) is 21.6 Å². The first-order valence-electron chi connectivity index (χ1n) is 10.2. The van der Waals surface area contributed by atoms with Crippen molar-refractivity contribution in [1.82, 2.24) is 40.4 Å². The van der Waals surface area contributed by atoms with Gasteiger partial charge >= 0.3 is 0 Å². The summed E-state index contributed by atoms with van der Waals surface area (Å²) < 4.78 is 44.0. The molecule has 0 unspecified atom stereocenters. The average molecular weight is 493 g/mol. The number of tetrazole rings is 1. The van der Waals surface area contributed by atoms with E-state index in [9.17, 15) is 12.8 Å². The van der Waals surface area contributed by atoms with Gasteiger partial charge in [0.25, 0.3) is 10.0 Å². The number of aryl methyl sites for hydroxylation is 1. The SMILES string of the molecule is Cc1nc(Nc2ccc(NS(=O)(=O)c3ccc(F)c(-c4nn[nH]n4)c3)cc2)cc(-n2cccn2)n1. The molecule has 12 nitrogen and oxygen atoms in total. The van der Waals surface area contributed by atoms with Crippen LogP contribution in [0.15, 0.2) is 71.9 Å². The molecule has 0 saturated carbocycles. The number of hydrogen-bond acceptors (Lipinski definition) is 9. The van der Waals surface area contributed by atoms with Gasteiger partial charge in [-0.2, -0.15) is 10.3 Å². The zero-order valence-corrected chi connectivity index (χ0v) is 18.9. The van der Waals surface area contributed by atoms with Gasteiger partial charge in [0.15, 0.2) is 5.82 Å². The van der Waals surface area contributed by atoms with Crippen molar-refractivity contribution < 1.29 is 12.8 Å². The third-order valence-corrected chi connectivity index (χ3v) is 6.19. The number of benzene rings is 2. The van der Waals surface area contributed by atoms with Gasteiger partial charge in [0, 0.05) is 29.8 Å². The zero-order valence-electron chi connectivity index (χ0n) is 18.1. The number of nitrogens with zero attached hydrogens (tertiary/aromatic N) is 7. The summed E-state index contributed by atoms with van der Waals surface area (Å²) in [5.74, 6) is 0.997. The molecule has 3 aromatic heterocycles. The summed E-state index contributed by atoms with van der Waals surface area (Å²) in [6.45, 7) is 1.77. The van der Waals surface area contributed by atoms with Gasteiger partial charge in [-0.15, -0.1) is 10.2 Å². The maximum absolute atomic E-state index is 14.1. The van der Waals surface area contributed by atoms with Gasteiger partial charge in [0.2, 0.25) is 5.82 Å². The Bertz CT molecular complexity index is 1570. The van der Waals surface area contributed by atoms with Crippen LogP contribution in [0, 0.1) is 12.7 Å². The van der Waals surface area contributed by atoms with Gasteiger partial charge in [0.1, 0.15) is 17.5 Å². The smallest absolute Gasteiger partial charge is 0.261 e. The Hall–Kier alpha value is -4.72. The highest BCUT2D eigenvalue weighted by atomic mass is 32.2. The summed E-state index contributed by atoms with van der Waals surface area (Å²) >= 11 is 0. The van der Waals surface area contributed by atoms with E-state index in [2.05, 4.69) is 45.7 Å². The van der Waals surface area contributed by atoms with Gasteiger partial charge in [0.05, 0.1) is 10.5 Å². The molecule has 0 radical (unpaired) electrons. The van der Waals surface area contributed by atoms with Crippen LogP contribution in [0.1, 0.15) is 5.82 Å². The van der Waals surface area contributed by atoms with Gasteiger partial charge in [-0.1, -0.05) is 0 Å². The van der Waals surface area contributed by atoms with Crippen LogP contribution < -0.4 is 10.0 Å². The maximum Gasteiger partial charge on any atom is 0.261 e. The first-order valence-corrected chi connectivity index (χ1v) is 11.6. The lowest BCUT2D eigenvalue weighted by molar-refractivity contribution is 0.600. The van der Waals surface area contributed by atoms with Crippen LogP contribution in [0.5, 0.6) is 0 Å². The minimum Gasteiger partial charge on any atom is -0.340 e. The number of sulfonamides is 1. The van der Waals surface area contributed by atoms with Gasteiger partial charge in [-0.25, -0.2) is 27.5 Å². The van der Waals surface area contributed by atoms with Crippen LogP contribution in [0.2, 0.25) is 0 Å². The van der Waals surface area contributed by atoms with Crippen LogP contribution in [0.3, 0.4) is 0 Å². The quantitative estimate of drug-likeness (QED) is 0.311. The van der Waals surface area contributed by atoms with Crippen molar-refractivity contribution in [1.29, 1.82) is 0 Å². The third kappa shape index (κ3) is 4.81. The molecule has 0 spiro atoms. The molecule has 0 atom stereocenters. The molecule has 14 heteroatoms. The largest absolute Gasteiger partial charge is 0.340 e. The molecule has 176 valence electrons. The van der Waals surface area contributed by atoms with Crippen molar-refractivity contribution in [3.63, 3.8) is 0 Å². The van der Waals surface area contributed by atoms with E-state index in [0.29, 0.717) is 28.8 Å². The minimum absolute atomic E-state index is 0.0503. The molecule has 3 heterocycles. The second-order valence-corrected chi connectivity index (χ2v) is 8.98. The van der Waals surface area contributed by atoms with Crippen molar-refractivity contribution in [2.75, 3.05) is 10.0 Å². The number of halogens is 1. The molecule has 0 aliphatic carbocycles. The van der Waals surface area contributed by atoms with Crippen LogP contribution in [-0.2, 0) is 10.0 Å². The van der Waals surface area contributed by atoms with E-state index in [4.69, 9.17) is 0 Å². The fourth-order valence-electron chi connectivity index (χ4n) is 3.24. The van der Waals surface area contributed by atoms with E-state index in [-0.39, 0.29) is 16.3 Å². The van der Waals surface area contributed by atoms with Crippen molar-refractivity contribution in [3.8, 4) is 17.2 Å². The molecule has 3 N–H and O–H groups in total. The first kappa shape index (κ1) is 22.1. The van der Waals surface area contributed by atoms with Crippen LogP contribution in [0.25, 0.3) is 17.2 Å². The van der Waals surface area contributed by atoms with E-state index in [1.54, 1.807) is 60.4 Å². The number of H-pyrrole nitrogens is 1. The second kappa shape index (κ2) is 8.90. The number of anilines is 3. The Morgan fingerprint density at radius 3 is 2.54 bits per heavy atom. The van der Waals surface area contributed by atoms with Crippen LogP contribution >= 0.6 is 0 Å². The highest BCUT2D eigenvalue weighted by Crippen LogP contribution is 2.25. The molecular weight excluding hydrogens is 475 g/mol. The lowest BCUT2D eigenvalue weighted by atomic mass is 10.2. The standard InChI is InChI=1S/C21H17FN10O2S/c1-13-24-19(12-20(25-13)32-10-2-9-23-32)26-14-3-5-15(6-4-14)29-35(33,34)16-7-8-18(22)17(11-16)21-27-30-31-28-21/h2-12,29H,1H3,(H,24,25,26)(H,27,28,30,31). The summed E-state index contributed by atoms with van der Waals surface area (Å²) in [6.07, 6.45) is 3.43. The Balaban J connectivity index is 1.33. The topological polar surface area (TPSA) is 156 Å². The molecule has 0 aliphatic heterocycles. The number of aromatic nitrogens is 8. The van der Waals surface area contributed by atoms with Crippen LogP contribution in [-0.4, -0.2) is 48.8 Å². The molecule has 5 aromatic rings. The Kier molecular flexibility index (Phi) is 5.62. The monoisotopic (exact) mass is 492 g/mol. The molecule has 0 fully saturated rings. The van der Waals surface area contributed by atoms with Crippen molar-refractivity contribution in [3.05, 3.63) is 78.6 Å². The van der Waals surface area contributed by atoms with E-state index in [1.165, 1.54) is 0 Å². The molecule has 5 rings (SSSR count). The van der Waals surface area contributed by atoms with Gasteiger partial charge in [-0.3, -0.25) is 4.72 Å². The molecule has 0 bridgehead atoms. The molecule has 0 aliphatic rings. The average Bonchev–Trinajstić information content (AvgIpc) is 3.55.